The van der Waals surface area contributed by atoms with Gasteiger partial charge in [0.15, 0.2) is 23.9 Å². The largest absolute Gasteiger partial charge is 0.493 e. The van der Waals surface area contributed by atoms with Gasteiger partial charge in [-0.1, -0.05) is 18.6 Å². The Labute approximate surface area is 174 Å². The Morgan fingerprint density at radius 3 is 2.11 bits per heavy atom. The minimum absolute atomic E-state index is 0.611. The lowest BCUT2D eigenvalue weighted by atomic mass is 10.1. The summed E-state index contributed by atoms with van der Waals surface area (Å²) in [5.41, 5.74) is 2.30. The molecule has 2 aromatic rings. The summed E-state index contributed by atoms with van der Waals surface area (Å²) in [5.74, 6) is 2.93. The van der Waals surface area contributed by atoms with Crippen LogP contribution in [-0.2, 0) is 13.0 Å². The van der Waals surface area contributed by atoms with Crippen LogP contribution in [0.5, 0.6) is 17.2 Å². The SMILES string of the molecule is COc1cc(/C=C/Cc2cc[n+](CCCCCCS)cc2)cc(OC)c1OC. The molecule has 1 aromatic carbocycles. The number of unbranched alkanes of at least 4 members (excludes halogenated alkanes) is 3. The first-order chi connectivity index (χ1) is 13.7. The fourth-order valence-electron chi connectivity index (χ4n) is 3.06. The van der Waals surface area contributed by atoms with E-state index in [-0.39, 0.29) is 0 Å². The molecule has 0 N–H and O–H groups in total. The quantitative estimate of drug-likeness (QED) is 0.316. The van der Waals surface area contributed by atoms with Crippen molar-refractivity contribution in [2.75, 3.05) is 27.1 Å². The van der Waals surface area contributed by atoms with Crippen molar-refractivity contribution in [2.24, 2.45) is 0 Å². The molecule has 0 saturated carbocycles. The van der Waals surface area contributed by atoms with Crippen molar-refractivity contribution >= 4 is 18.7 Å². The van der Waals surface area contributed by atoms with Crippen LogP contribution in [0.2, 0.25) is 0 Å². The zero-order chi connectivity index (χ0) is 20.2. The van der Waals surface area contributed by atoms with Gasteiger partial charge in [-0.05, 0) is 48.3 Å². The van der Waals surface area contributed by atoms with Gasteiger partial charge in [0.05, 0.1) is 21.3 Å². The Hall–Kier alpha value is -2.14. The molecule has 0 atom stereocenters. The molecule has 0 spiro atoms. The van der Waals surface area contributed by atoms with Gasteiger partial charge in [-0.15, -0.1) is 0 Å². The van der Waals surface area contributed by atoms with E-state index in [1.54, 1.807) is 21.3 Å². The third kappa shape index (κ3) is 6.79. The Morgan fingerprint density at radius 2 is 1.54 bits per heavy atom. The fourth-order valence-corrected chi connectivity index (χ4v) is 3.29. The molecule has 0 bridgehead atoms. The van der Waals surface area contributed by atoms with Crippen molar-refractivity contribution in [1.29, 1.82) is 0 Å². The van der Waals surface area contributed by atoms with Gasteiger partial charge in [0.25, 0.3) is 0 Å². The molecular weight excluding hydrogens is 370 g/mol. The van der Waals surface area contributed by atoms with Crippen LogP contribution in [-0.4, -0.2) is 27.1 Å². The smallest absolute Gasteiger partial charge is 0.203 e. The number of hydrogen-bond acceptors (Lipinski definition) is 4. The first-order valence-electron chi connectivity index (χ1n) is 9.77. The Bertz CT molecular complexity index is 719. The molecule has 2 rings (SSSR count). The highest BCUT2D eigenvalue weighted by Gasteiger charge is 2.11. The Kier molecular flexibility index (Phi) is 9.77. The van der Waals surface area contributed by atoms with Crippen LogP contribution in [0.4, 0.5) is 0 Å². The van der Waals surface area contributed by atoms with E-state index >= 15 is 0 Å². The Morgan fingerprint density at radius 1 is 0.893 bits per heavy atom. The number of ether oxygens (including phenoxy) is 3. The average molecular weight is 403 g/mol. The predicted molar refractivity (Wildman–Crippen MR) is 118 cm³/mol. The first kappa shape index (κ1) is 22.2. The van der Waals surface area contributed by atoms with Crippen LogP contribution < -0.4 is 18.8 Å². The number of benzene rings is 1. The number of nitrogens with zero attached hydrogens (tertiary/aromatic N) is 1. The second-order valence-electron chi connectivity index (χ2n) is 6.65. The molecule has 0 aliphatic carbocycles. The normalized spacial score (nSPS) is 11.0. The molecule has 0 saturated heterocycles. The van der Waals surface area contributed by atoms with E-state index in [2.05, 4.69) is 53.9 Å². The first-order valence-corrected chi connectivity index (χ1v) is 10.4. The van der Waals surface area contributed by atoms with Gasteiger partial charge in [0, 0.05) is 18.6 Å². The molecule has 1 heterocycles. The minimum Gasteiger partial charge on any atom is -0.493 e. The molecule has 0 aliphatic heterocycles. The molecule has 0 unspecified atom stereocenters. The van der Waals surface area contributed by atoms with E-state index in [1.807, 2.05) is 12.1 Å². The van der Waals surface area contributed by atoms with Crippen molar-refractivity contribution < 1.29 is 18.8 Å². The van der Waals surface area contributed by atoms with Crippen LogP contribution in [0.1, 0.15) is 36.8 Å². The molecule has 1 aromatic heterocycles. The van der Waals surface area contributed by atoms with Gasteiger partial charge >= 0.3 is 0 Å². The maximum atomic E-state index is 5.41. The van der Waals surface area contributed by atoms with E-state index in [0.717, 1.165) is 24.3 Å². The maximum Gasteiger partial charge on any atom is 0.203 e. The standard InChI is InChI=1S/C23H31NO3S/c1-25-21-17-20(18-22(26-2)23(21)27-3)10-8-9-19-11-14-24(15-12-19)13-6-4-5-7-16-28/h8,10-12,14-15,17-18H,4-7,9,13,16H2,1-3H3/p+1/b10-8+. The van der Waals surface area contributed by atoms with Gasteiger partial charge < -0.3 is 14.2 Å². The fraction of sp³-hybridized carbons (Fsp3) is 0.435. The van der Waals surface area contributed by atoms with Gasteiger partial charge in [-0.2, -0.15) is 12.6 Å². The van der Waals surface area contributed by atoms with E-state index in [9.17, 15) is 0 Å². The van der Waals surface area contributed by atoms with E-state index in [1.165, 1.54) is 31.2 Å². The zero-order valence-corrected chi connectivity index (χ0v) is 18.1. The molecule has 0 amide bonds. The summed E-state index contributed by atoms with van der Waals surface area (Å²) in [4.78, 5) is 0. The van der Waals surface area contributed by atoms with Gasteiger partial charge in [-0.25, -0.2) is 4.57 Å². The summed E-state index contributed by atoms with van der Waals surface area (Å²) in [7, 11) is 4.87. The average Bonchev–Trinajstić information content (AvgIpc) is 2.73. The molecular formula is C23H32NO3S+. The van der Waals surface area contributed by atoms with Gasteiger partial charge in [0.2, 0.25) is 5.75 Å². The van der Waals surface area contributed by atoms with Crippen molar-refractivity contribution in [3.63, 3.8) is 0 Å². The second-order valence-corrected chi connectivity index (χ2v) is 7.09. The van der Waals surface area contributed by atoms with Crippen molar-refractivity contribution in [1.82, 2.24) is 0 Å². The van der Waals surface area contributed by atoms with E-state index < -0.39 is 0 Å². The molecule has 5 heteroatoms. The van der Waals surface area contributed by atoms with E-state index in [0.29, 0.717) is 17.2 Å². The monoisotopic (exact) mass is 402 g/mol. The molecule has 0 aliphatic rings. The molecule has 152 valence electrons. The highest BCUT2D eigenvalue weighted by Crippen LogP contribution is 2.38. The lowest BCUT2D eigenvalue weighted by molar-refractivity contribution is -0.697. The summed E-state index contributed by atoms with van der Waals surface area (Å²) < 4.78 is 18.4. The summed E-state index contributed by atoms with van der Waals surface area (Å²) in [6.07, 6.45) is 14.4. The van der Waals surface area contributed by atoms with Crippen molar-refractivity contribution in [3.05, 3.63) is 53.9 Å². The van der Waals surface area contributed by atoms with Crippen molar-refractivity contribution in [3.8, 4) is 17.2 Å². The highest BCUT2D eigenvalue weighted by atomic mass is 32.1. The zero-order valence-electron chi connectivity index (χ0n) is 17.2. The second kappa shape index (κ2) is 12.3. The summed E-state index contributed by atoms with van der Waals surface area (Å²) in [6.45, 7) is 1.08. The third-order valence-corrected chi connectivity index (χ3v) is 4.95. The number of methoxy groups -OCH3 is 3. The number of rotatable bonds is 12. The van der Waals surface area contributed by atoms with Crippen LogP contribution in [0.15, 0.2) is 42.7 Å². The Balaban J connectivity index is 1.92. The highest BCUT2D eigenvalue weighted by molar-refractivity contribution is 7.80. The minimum atomic E-state index is 0.611. The number of hydrogen-bond donors (Lipinski definition) is 1. The summed E-state index contributed by atoms with van der Waals surface area (Å²) in [6, 6.07) is 8.27. The summed E-state index contributed by atoms with van der Waals surface area (Å²) >= 11 is 4.26. The van der Waals surface area contributed by atoms with Crippen LogP contribution in [0, 0.1) is 0 Å². The number of thiol groups is 1. The van der Waals surface area contributed by atoms with Crippen LogP contribution in [0.3, 0.4) is 0 Å². The van der Waals surface area contributed by atoms with Crippen LogP contribution >= 0.6 is 12.6 Å². The van der Waals surface area contributed by atoms with E-state index in [4.69, 9.17) is 14.2 Å². The predicted octanol–water partition coefficient (Wildman–Crippen LogP) is 4.75. The van der Waals surface area contributed by atoms with Gasteiger partial charge in [-0.3, -0.25) is 0 Å². The molecule has 0 radical (unpaired) electrons. The summed E-state index contributed by atoms with van der Waals surface area (Å²) in [5, 5.41) is 0. The molecule has 28 heavy (non-hydrogen) atoms. The number of pyridine rings is 1. The van der Waals surface area contributed by atoms with Crippen molar-refractivity contribution in [2.45, 2.75) is 38.6 Å². The number of allylic oxidation sites excluding steroid dienone is 1. The van der Waals surface area contributed by atoms with Gasteiger partial charge in [0.1, 0.15) is 6.54 Å². The molecule has 4 nitrogen and oxygen atoms in total. The topological polar surface area (TPSA) is 31.6 Å². The number of aryl methyl sites for hydroxylation is 1. The third-order valence-electron chi connectivity index (χ3n) is 4.64. The lowest BCUT2D eigenvalue weighted by Crippen LogP contribution is -2.32. The lowest BCUT2D eigenvalue weighted by Gasteiger charge is -2.12. The van der Waals surface area contributed by atoms with Crippen LogP contribution in [0.25, 0.3) is 6.08 Å². The molecule has 0 fully saturated rings. The maximum absolute atomic E-state index is 5.41. The number of aromatic nitrogens is 1.